The van der Waals surface area contributed by atoms with E-state index in [9.17, 15) is 19.6 Å². The molecule has 8 heteroatoms. The second kappa shape index (κ2) is 11.6. The van der Waals surface area contributed by atoms with Gasteiger partial charge < -0.3 is 20.7 Å². The number of carbonyl (C=O) groups excluding carboxylic acids is 2. The molecule has 4 N–H and O–H groups in total. The number of aromatic nitrogens is 1. The van der Waals surface area contributed by atoms with Crippen LogP contribution in [-0.2, 0) is 22.6 Å². The van der Waals surface area contributed by atoms with Gasteiger partial charge in [0.1, 0.15) is 0 Å². The Hall–Kier alpha value is -3.75. The molecule has 0 aliphatic heterocycles. The Morgan fingerprint density at radius 1 is 0.875 bits per heavy atom. The van der Waals surface area contributed by atoms with Crippen molar-refractivity contribution in [3.63, 3.8) is 0 Å². The second-order valence-corrected chi connectivity index (χ2v) is 7.15. The van der Waals surface area contributed by atoms with Crippen LogP contribution >= 0.6 is 0 Å². The van der Waals surface area contributed by atoms with Gasteiger partial charge in [-0.2, -0.15) is 0 Å². The van der Waals surface area contributed by atoms with Crippen LogP contribution in [-0.4, -0.2) is 39.9 Å². The highest BCUT2D eigenvalue weighted by Gasteiger charge is 2.24. The van der Waals surface area contributed by atoms with Crippen molar-refractivity contribution < 1.29 is 19.6 Å². The van der Waals surface area contributed by atoms with Gasteiger partial charge in [0.05, 0.1) is 23.9 Å². The number of nitrogens with one attached hydrogen (secondary N) is 2. The lowest BCUT2D eigenvalue weighted by Gasteiger charge is -2.16. The number of pyridine rings is 1. The second-order valence-electron chi connectivity index (χ2n) is 7.15. The molecule has 1 unspecified atom stereocenters. The van der Waals surface area contributed by atoms with Crippen LogP contribution in [0.5, 0.6) is 0 Å². The highest BCUT2D eigenvalue weighted by Crippen LogP contribution is 2.16. The molecule has 2 aromatic carbocycles. The Kier molecular flexibility index (Phi) is 8.31. The summed E-state index contributed by atoms with van der Waals surface area (Å²) in [7, 11) is -1.73. The molecule has 162 valence electrons. The van der Waals surface area contributed by atoms with Crippen LogP contribution in [0.25, 0.3) is 11.3 Å². The molecule has 32 heavy (non-hydrogen) atoms. The van der Waals surface area contributed by atoms with Crippen LogP contribution < -0.4 is 10.6 Å². The Balaban J connectivity index is 1.51. The van der Waals surface area contributed by atoms with Crippen LogP contribution in [0.3, 0.4) is 0 Å². The van der Waals surface area contributed by atoms with Crippen LogP contribution in [0.1, 0.15) is 11.3 Å². The van der Waals surface area contributed by atoms with Gasteiger partial charge in [0, 0.05) is 17.7 Å². The average molecular weight is 429 g/mol. The lowest BCUT2D eigenvalue weighted by Crippen LogP contribution is -2.47. The van der Waals surface area contributed by atoms with E-state index in [-0.39, 0.29) is 13.0 Å². The molecule has 1 aromatic heterocycles. The van der Waals surface area contributed by atoms with E-state index in [1.54, 1.807) is 6.07 Å². The minimum Gasteiger partial charge on any atom is -0.426 e. The molecule has 0 saturated carbocycles. The Morgan fingerprint density at radius 3 is 2.22 bits per heavy atom. The molecule has 3 rings (SSSR count). The maximum absolute atomic E-state index is 12.1. The van der Waals surface area contributed by atoms with Gasteiger partial charge >= 0.3 is 7.12 Å². The first kappa shape index (κ1) is 22.9. The first-order valence-electron chi connectivity index (χ1n) is 10.2. The summed E-state index contributed by atoms with van der Waals surface area (Å²) in [4.78, 5) is 28.7. The maximum atomic E-state index is 12.1. The zero-order valence-electron chi connectivity index (χ0n) is 17.4. The van der Waals surface area contributed by atoms with Crippen molar-refractivity contribution in [3.05, 3.63) is 102 Å². The lowest BCUT2D eigenvalue weighted by molar-refractivity contribution is -0.119. The van der Waals surface area contributed by atoms with E-state index in [0.717, 1.165) is 29.0 Å². The van der Waals surface area contributed by atoms with Gasteiger partial charge in [0.15, 0.2) is 0 Å². The van der Waals surface area contributed by atoms with E-state index in [0.29, 0.717) is 5.69 Å². The summed E-state index contributed by atoms with van der Waals surface area (Å²) in [5.41, 5.74) is 3.31. The molecule has 0 saturated heterocycles. The molecular weight excluding hydrogens is 405 g/mol. The summed E-state index contributed by atoms with van der Waals surface area (Å²) in [6, 6.07) is 24.4. The fourth-order valence-corrected chi connectivity index (χ4v) is 3.07. The van der Waals surface area contributed by atoms with Crippen molar-refractivity contribution in [1.82, 2.24) is 15.6 Å². The van der Waals surface area contributed by atoms with Gasteiger partial charge in [-0.15, -0.1) is 0 Å². The number of benzene rings is 2. The van der Waals surface area contributed by atoms with Gasteiger partial charge in [-0.25, -0.2) is 0 Å². The fourth-order valence-electron chi connectivity index (χ4n) is 3.07. The summed E-state index contributed by atoms with van der Waals surface area (Å²) in [5.74, 6) is -1.96. The minimum atomic E-state index is -1.73. The van der Waals surface area contributed by atoms with E-state index in [1.165, 1.54) is 0 Å². The largest absolute Gasteiger partial charge is 0.475 e. The van der Waals surface area contributed by atoms with E-state index in [1.807, 2.05) is 72.8 Å². The number of hydrogen-bond acceptors (Lipinski definition) is 5. The van der Waals surface area contributed by atoms with Crippen molar-refractivity contribution in [2.24, 2.45) is 0 Å². The average Bonchev–Trinajstić information content (AvgIpc) is 2.82. The van der Waals surface area contributed by atoms with Crippen molar-refractivity contribution in [3.8, 4) is 11.3 Å². The molecular formula is C24H24BN3O4. The van der Waals surface area contributed by atoms with Gasteiger partial charge in [-0.05, 0) is 24.1 Å². The van der Waals surface area contributed by atoms with Crippen LogP contribution in [0, 0.1) is 0 Å². The number of hydrogen-bond donors (Lipinski definition) is 4. The molecule has 2 amide bonds. The lowest BCUT2D eigenvalue weighted by atomic mass is 9.76. The molecule has 0 fully saturated rings. The van der Waals surface area contributed by atoms with E-state index < -0.39 is 24.9 Å². The number of carbonyl (C=O) groups is 2. The summed E-state index contributed by atoms with van der Waals surface area (Å²) < 4.78 is 0. The van der Waals surface area contributed by atoms with Crippen molar-refractivity contribution >= 4 is 18.9 Å². The number of amides is 2. The third-order valence-electron chi connectivity index (χ3n) is 4.69. The minimum absolute atomic E-state index is 0.206. The van der Waals surface area contributed by atoms with Crippen LogP contribution in [0.4, 0.5) is 0 Å². The van der Waals surface area contributed by atoms with E-state index in [4.69, 9.17) is 0 Å². The quantitative estimate of drug-likeness (QED) is 0.306. The molecule has 0 radical (unpaired) electrons. The SMILES string of the molecule is O=C(C=CC(=O)NC(Cc1ccccc1)B(O)O)NCc1cccc(-c2ccccc2)n1. The van der Waals surface area contributed by atoms with Crippen molar-refractivity contribution in [2.45, 2.75) is 18.9 Å². The van der Waals surface area contributed by atoms with Crippen LogP contribution in [0.2, 0.25) is 0 Å². The zero-order valence-corrected chi connectivity index (χ0v) is 17.4. The fraction of sp³-hybridized carbons (Fsp3) is 0.125. The Morgan fingerprint density at radius 2 is 1.53 bits per heavy atom. The van der Waals surface area contributed by atoms with Gasteiger partial charge in [-0.3, -0.25) is 14.6 Å². The predicted molar refractivity (Wildman–Crippen MR) is 123 cm³/mol. The third-order valence-corrected chi connectivity index (χ3v) is 4.69. The molecule has 0 spiro atoms. The van der Waals surface area contributed by atoms with Crippen molar-refractivity contribution in [1.29, 1.82) is 0 Å². The van der Waals surface area contributed by atoms with Gasteiger partial charge in [-0.1, -0.05) is 66.7 Å². The van der Waals surface area contributed by atoms with Gasteiger partial charge in [0.2, 0.25) is 11.8 Å². The summed E-state index contributed by atoms with van der Waals surface area (Å²) in [5, 5.41) is 24.3. The molecule has 1 atom stereocenters. The third kappa shape index (κ3) is 7.19. The molecule has 0 bridgehead atoms. The molecule has 1 heterocycles. The van der Waals surface area contributed by atoms with Crippen LogP contribution in [0.15, 0.2) is 91.0 Å². The zero-order chi connectivity index (χ0) is 22.8. The van der Waals surface area contributed by atoms with Crippen molar-refractivity contribution in [2.75, 3.05) is 0 Å². The highest BCUT2D eigenvalue weighted by atomic mass is 16.4. The number of nitrogens with zero attached hydrogens (tertiary/aromatic N) is 1. The highest BCUT2D eigenvalue weighted by molar-refractivity contribution is 6.43. The normalized spacial score (nSPS) is 11.7. The summed E-state index contributed by atoms with van der Waals surface area (Å²) >= 11 is 0. The monoisotopic (exact) mass is 429 g/mol. The first-order valence-corrected chi connectivity index (χ1v) is 10.2. The predicted octanol–water partition coefficient (Wildman–Crippen LogP) is 1.66. The number of rotatable bonds is 9. The van der Waals surface area contributed by atoms with E-state index >= 15 is 0 Å². The topological polar surface area (TPSA) is 112 Å². The summed E-state index contributed by atoms with van der Waals surface area (Å²) in [6.07, 6.45) is 2.40. The van der Waals surface area contributed by atoms with Gasteiger partial charge in [0.25, 0.3) is 0 Å². The Bertz CT molecular complexity index is 1060. The smallest absolute Gasteiger partial charge is 0.426 e. The maximum Gasteiger partial charge on any atom is 0.475 e. The molecule has 7 nitrogen and oxygen atoms in total. The molecule has 0 aliphatic rings. The first-order chi connectivity index (χ1) is 15.5. The Labute approximate surface area is 187 Å². The molecule has 3 aromatic rings. The standard InChI is InChI=1S/C24H24BN3O4/c29-23(26-17-20-12-7-13-21(27-20)19-10-5-2-6-11-19)14-15-24(30)28-22(25(31)32)16-18-8-3-1-4-9-18/h1-15,22,31-32H,16-17H2,(H,26,29)(H,28,30). The summed E-state index contributed by atoms with van der Waals surface area (Å²) in [6.45, 7) is 0.206. The molecule has 0 aliphatic carbocycles. The van der Waals surface area contributed by atoms with E-state index in [2.05, 4.69) is 15.6 Å².